The van der Waals surface area contributed by atoms with E-state index in [4.69, 9.17) is 28.9 Å². The Morgan fingerprint density at radius 2 is 1.71 bits per heavy atom. The lowest BCUT2D eigenvalue weighted by Crippen LogP contribution is -2.22. The first-order valence-electron chi connectivity index (χ1n) is 6.99. The topological polar surface area (TPSA) is 78.5 Å². The molecule has 3 aromatic carbocycles. The Balaban J connectivity index is 2.12. The molecule has 3 aromatic rings. The number of benzene rings is 3. The first-order valence-corrected chi connectivity index (χ1v) is 7.74. The van der Waals surface area contributed by atoms with Crippen LogP contribution >= 0.6 is 23.2 Å². The lowest BCUT2D eigenvalue weighted by atomic mass is 10.00. The average molecular weight is 358 g/mol. The van der Waals surface area contributed by atoms with Gasteiger partial charge in [-0.25, -0.2) is 0 Å². The maximum absolute atomic E-state index is 11.4. The SMILES string of the molecule is Nc1c(Cl)cc(N=Cc2cccc3cccc(C(=O)[O-])c23)cc1Cl. The van der Waals surface area contributed by atoms with Crippen molar-refractivity contribution in [2.75, 3.05) is 5.73 Å². The molecule has 0 heterocycles. The third-order valence-corrected chi connectivity index (χ3v) is 4.20. The quantitative estimate of drug-likeness (QED) is 0.571. The number of carboxylic acids is 1. The Bertz CT molecular complexity index is 956. The number of carboxylic acid groups (broad SMARTS) is 1. The number of aliphatic imine (C=N–C) groups is 1. The third-order valence-electron chi connectivity index (χ3n) is 3.57. The number of fused-ring (bicyclic) bond motifs is 1. The summed E-state index contributed by atoms with van der Waals surface area (Å²) in [6, 6.07) is 13.6. The van der Waals surface area contributed by atoms with E-state index in [9.17, 15) is 9.90 Å². The van der Waals surface area contributed by atoms with Crippen molar-refractivity contribution >= 4 is 57.5 Å². The van der Waals surface area contributed by atoms with Crippen LogP contribution in [0.25, 0.3) is 10.8 Å². The van der Waals surface area contributed by atoms with Crippen LogP contribution in [0.2, 0.25) is 10.0 Å². The molecule has 3 rings (SSSR count). The van der Waals surface area contributed by atoms with Crippen molar-refractivity contribution in [3.63, 3.8) is 0 Å². The molecule has 2 N–H and O–H groups in total. The van der Waals surface area contributed by atoms with Crippen LogP contribution in [0.15, 0.2) is 53.5 Å². The summed E-state index contributed by atoms with van der Waals surface area (Å²) in [5.41, 5.74) is 7.27. The van der Waals surface area contributed by atoms with E-state index in [0.29, 0.717) is 32.4 Å². The van der Waals surface area contributed by atoms with Crippen LogP contribution in [0.1, 0.15) is 15.9 Å². The number of anilines is 1. The Labute approximate surface area is 148 Å². The largest absolute Gasteiger partial charge is 0.545 e. The van der Waals surface area contributed by atoms with E-state index in [1.54, 1.807) is 30.5 Å². The summed E-state index contributed by atoms with van der Waals surface area (Å²) >= 11 is 12.0. The van der Waals surface area contributed by atoms with Crippen molar-refractivity contribution < 1.29 is 9.90 Å². The summed E-state index contributed by atoms with van der Waals surface area (Å²) in [5, 5.41) is 13.3. The van der Waals surface area contributed by atoms with Crippen molar-refractivity contribution in [1.29, 1.82) is 0 Å². The highest BCUT2D eigenvalue weighted by molar-refractivity contribution is 6.39. The van der Waals surface area contributed by atoms with Crippen LogP contribution in [0, 0.1) is 0 Å². The van der Waals surface area contributed by atoms with Crippen molar-refractivity contribution in [3.05, 3.63) is 69.7 Å². The first kappa shape index (κ1) is 16.3. The Kier molecular flexibility index (Phi) is 4.42. The predicted molar refractivity (Wildman–Crippen MR) is 96.4 cm³/mol. The molecule has 0 saturated heterocycles. The smallest absolute Gasteiger partial charge is 0.0721 e. The van der Waals surface area contributed by atoms with Crippen LogP contribution in [0.4, 0.5) is 11.4 Å². The van der Waals surface area contributed by atoms with E-state index in [2.05, 4.69) is 4.99 Å². The molecule has 24 heavy (non-hydrogen) atoms. The fourth-order valence-corrected chi connectivity index (χ4v) is 2.91. The van der Waals surface area contributed by atoms with Gasteiger partial charge in [-0.15, -0.1) is 0 Å². The monoisotopic (exact) mass is 357 g/mol. The predicted octanol–water partition coefficient (Wildman–Crippen LogP) is 3.84. The minimum absolute atomic E-state index is 0.114. The number of halogens is 2. The maximum Gasteiger partial charge on any atom is 0.0721 e. The molecule has 0 amide bonds. The number of nitrogens with zero attached hydrogens (tertiary/aromatic N) is 1. The molecule has 0 spiro atoms. The zero-order valence-corrected chi connectivity index (χ0v) is 13.8. The molecule has 0 aliphatic rings. The Morgan fingerprint density at radius 3 is 2.33 bits per heavy atom. The van der Waals surface area contributed by atoms with Gasteiger partial charge in [-0.05, 0) is 22.9 Å². The first-order chi connectivity index (χ1) is 11.5. The van der Waals surface area contributed by atoms with Gasteiger partial charge in [0.25, 0.3) is 0 Å². The number of carbonyl (C=O) groups excluding carboxylic acids is 1. The van der Waals surface area contributed by atoms with Crippen LogP contribution < -0.4 is 10.8 Å². The van der Waals surface area contributed by atoms with Gasteiger partial charge in [0, 0.05) is 17.3 Å². The summed E-state index contributed by atoms with van der Waals surface area (Å²) in [6.07, 6.45) is 1.56. The van der Waals surface area contributed by atoms with E-state index in [1.807, 2.05) is 18.2 Å². The average Bonchev–Trinajstić information content (AvgIpc) is 2.56. The third kappa shape index (κ3) is 3.07. The normalized spacial score (nSPS) is 11.2. The molecule has 0 aromatic heterocycles. The maximum atomic E-state index is 11.4. The molecule has 0 unspecified atom stereocenters. The molecule has 0 bridgehead atoms. The van der Waals surface area contributed by atoms with Gasteiger partial charge in [-0.3, -0.25) is 4.99 Å². The van der Waals surface area contributed by atoms with E-state index >= 15 is 0 Å². The minimum atomic E-state index is -1.24. The molecule has 0 aliphatic carbocycles. The van der Waals surface area contributed by atoms with Gasteiger partial charge in [-0.2, -0.15) is 0 Å². The minimum Gasteiger partial charge on any atom is -0.545 e. The van der Waals surface area contributed by atoms with E-state index in [1.165, 1.54) is 6.07 Å². The molecule has 6 heteroatoms. The van der Waals surface area contributed by atoms with Gasteiger partial charge in [0.1, 0.15) is 0 Å². The fraction of sp³-hybridized carbons (Fsp3) is 0. The molecule has 0 fully saturated rings. The second-order valence-corrected chi connectivity index (χ2v) is 5.93. The highest BCUT2D eigenvalue weighted by Crippen LogP contribution is 2.32. The van der Waals surface area contributed by atoms with Crippen molar-refractivity contribution in [3.8, 4) is 0 Å². The number of nitrogens with two attached hydrogens (primary N) is 1. The number of hydrogen-bond donors (Lipinski definition) is 1. The second kappa shape index (κ2) is 6.51. The second-order valence-electron chi connectivity index (χ2n) is 5.12. The number of carbonyl (C=O) groups is 1. The van der Waals surface area contributed by atoms with Crippen molar-refractivity contribution in [1.82, 2.24) is 0 Å². The summed E-state index contributed by atoms with van der Waals surface area (Å²) in [5.74, 6) is -1.24. The van der Waals surface area contributed by atoms with Crippen LogP contribution in [-0.4, -0.2) is 12.2 Å². The highest BCUT2D eigenvalue weighted by atomic mass is 35.5. The summed E-state index contributed by atoms with van der Waals surface area (Å²) in [7, 11) is 0. The van der Waals surface area contributed by atoms with Gasteiger partial charge < -0.3 is 15.6 Å². The van der Waals surface area contributed by atoms with Crippen LogP contribution in [0.3, 0.4) is 0 Å². The van der Waals surface area contributed by atoms with E-state index in [-0.39, 0.29) is 5.56 Å². The Hall–Kier alpha value is -2.56. The highest BCUT2D eigenvalue weighted by Gasteiger charge is 2.07. The summed E-state index contributed by atoms with van der Waals surface area (Å²) < 4.78 is 0. The van der Waals surface area contributed by atoms with Crippen molar-refractivity contribution in [2.45, 2.75) is 0 Å². The zero-order chi connectivity index (χ0) is 17.3. The molecule has 0 aliphatic heterocycles. The number of aromatic carboxylic acids is 1. The number of rotatable bonds is 3. The van der Waals surface area contributed by atoms with Gasteiger partial charge in [-0.1, -0.05) is 59.6 Å². The van der Waals surface area contributed by atoms with Gasteiger partial charge in [0.2, 0.25) is 0 Å². The summed E-state index contributed by atoms with van der Waals surface area (Å²) in [4.78, 5) is 15.7. The molecular formula is C18H11Cl2N2O2-. The lowest BCUT2D eigenvalue weighted by Gasteiger charge is -2.10. The zero-order valence-electron chi connectivity index (χ0n) is 12.3. The lowest BCUT2D eigenvalue weighted by molar-refractivity contribution is -0.254. The Morgan fingerprint density at radius 1 is 1.08 bits per heavy atom. The molecule has 0 saturated carbocycles. The molecule has 0 atom stereocenters. The number of hydrogen-bond acceptors (Lipinski definition) is 4. The van der Waals surface area contributed by atoms with Crippen molar-refractivity contribution in [2.24, 2.45) is 4.99 Å². The molecule has 0 radical (unpaired) electrons. The molecule has 4 nitrogen and oxygen atoms in total. The number of nitrogen functional groups attached to an aromatic ring is 1. The fourth-order valence-electron chi connectivity index (χ4n) is 2.44. The van der Waals surface area contributed by atoms with Crippen LogP contribution in [-0.2, 0) is 0 Å². The van der Waals surface area contributed by atoms with Gasteiger partial charge in [0.05, 0.1) is 27.4 Å². The standard InChI is InChI=1S/C18H12Cl2N2O2/c19-14-7-12(8-15(20)17(14)21)22-9-11-5-1-3-10-4-2-6-13(16(10)11)18(23)24/h1-9H,21H2,(H,23,24)/p-1. The van der Waals surface area contributed by atoms with Gasteiger partial charge in [0.15, 0.2) is 0 Å². The molecule has 120 valence electrons. The van der Waals surface area contributed by atoms with Gasteiger partial charge >= 0.3 is 0 Å². The summed E-state index contributed by atoms with van der Waals surface area (Å²) in [6.45, 7) is 0. The molecular weight excluding hydrogens is 347 g/mol. The van der Waals surface area contributed by atoms with Crippen LogP contribution in [0.5, 0.6) is 0 Å². The van der Waals surface area contributed by atoms with E-state index in [0.717, 1.165) is 5.39 Å². The van der Waals surface area contributed by atoms with E-state index < -0.39 is 5.97 Å².